The van der Waals surface area contributed by atoms with Gasteiger partial charge < -0.3 is 0 Å². The largest absolute Gasteiger partial charge is 0.294 e. The Morgan fingerprint density at radius 2 is 1.79 bits per heavy atom. The minimum Gasteiger partial charge on any atom is -0.294 e. The first-order chi connectivity index (χ1) is 8.97. The number of ketones is 1. The molecule has 0 aliphatic heterocycles. The molecule has 1 nitrogen and oxygen atoms in total. The monoisotopic (exact) mass is 420 g/mol. The zero-order valence-electron chi connectivity index (χ0n) is 9.59. The van der Waals surface area contributed by atoms with Crippen molar-refractivity contribution < 1.29 is 4.79 Å². The van der Waals surface area contributed by atoms with Crippen molar-refractivity contribution in [3.63, 3.8) is 0 Å². The minimum absolute atomic E-state index is 0.00333. The average Bonchev–Trinajstić information content (AvgIpc) is 2.32. The molecule has 0 atom stereocenters. The first-order valence-corrected chi connectivity index (χ1v) is 7.74. The Morgan fingerprint density at radius 1 is 1.05 bits per heavy atom. The molecule has 0 amide bonds. The van der Waals surface area contributed by atoms with E-state index in [-0.39, 0.29) is 12.2 Å². The molecule has 0 aromatic heterocycles. The molecule has 2 aromatic carbocycles. The van der Waals surface area contributed by atoms with Gasteiger partial charge in [0.1, 0.15) is 0 Å². The quantitative estimate of drug-likeness (QED) is 0.559. The Labute approximate surface area is 138 Å². The van der Waals surface area contributed by atoms with Crippen LogP contribution in [0.5, 0.6) is 0 Å². The third-order valence-electron chi connectivity index (χ3n) is 2.60. The fourth-order valence-electron chi connectivity index (χ4n) is 1.65. The van der Waals surface area contributed by atoms with Gasteiger partial charge in [0.15, 0.2) is 5.78 Å². The number of rotatable bonds is 3. The van der Waals surface area contributed by atoms with Crippen LogP contribution in [-0.2, 0) is 6.42 Å². The summed E-state index contributed by atoms with van der Waals surface area (Å²) in [4.78, 5) is 12.2. The van der Waals surface area contributed by atoms with Crippen LogP contribution >= 0.6 is 55.1 Å². The van der Waals surface area contributed by atoms with E-state index in [1.54, 1.807) is 24.3 Å². The van der Waals surface area contributed by atoms with Crippen LogP contribution in [0.4, 0.5) is 0 Å². The van der Waals surface area contributed by atoms with Crippen molar-refractivity contribution in [2.75, 3.05) is 0 Å². The zero-order chi connectivity index (χ0) is 14.0. The van der Waals surface area contributed by atoms with Crippen LogP contribution in [0.15, 0.2) is 45.3 Å². The molecule has 0 heterocycles. The first kappa shape index (κ1) is 15.0. The van der Waals surface area contributed by atoms with Crippen LogP contribution in [0, 0.1) is 0 Å². The number of hydrogen-bond acceptors (Lipinski definition) is 1. The van der Waals surface area contributed by atoms with Crippen molar-refractivity contribution in [2.24, 2.45) is 0 Å². The molecule has 0 saturated carbocycles. The van der Waals surface area contributed by atoms with Gasteiger partial charge in [0.2, 0.25) is 0 Å². The molecule has 98 valence electrons. The molecule has 0 spiro atoms. The smallest absolute Gasteiger partial charge is 0.168 e. The van der Waals surface area contributed by atoms with Crippen molar-refractivity contribution in [1.82, 2.24) is 0 Å². The molecule has 0 aliphatic rings. The van der Waals surface area contributed by atoms with Crippen molar-refractivity contribution >= 4 is 60.8 Å². The summed E-state index contributed by atoms with van der Waals surface area (Å²) in [6.45, 7) is 0. The topological polar surface area (TPSA) is 17.1 Å². The minimum atomic E-state index is 0.00333. The highest BCUT2D eigenvalue weighted by atomic mass is 79.9. The van der Waals surface area contributed by atoms with Crippen LogP contribution in [-0.4, -0.2) is 5.78 Å². The van der Waals surface area contributed by atoms with Crippen molar-refractivity contribution in [3.8, 4) is 0 Å². The predicted octanol–water partition coefficient (Wildman–Crippen LogP) is 5.94. The highest BCUT2D eigenvalue weighted by molar-refractivity contribution is 9.11. The lowest BCUT2D eigenvalue weighted by atomic mass is 10.0. The van der Waals surface area contributed by atoms with E-state index < -0.39 is 0 Å². The molecule has 0 saturated heterocycles. The van der Waals surface area contributed by atoms with Crippen LogP contribution in [0.2, 0.25) is 10.0 Å². The van der Waals surface area contributed by atoms with Gasteiger partial charge in [-0.2, -0.15) is 0 Å². The van der Waals surface area contributed by atoms with E-state index in [4.69, 9.17) is 23.2 Å². The van der Waals surface area contributed by atoms with Gasteiger partial charge in [-0.15, -0.1) is 0 Å². The van der Waals surface area contributed by atoms with Crippen LogP contribution in [0.1, 0.15) is 15.9 Å². The van der Waals surface area contributed by atoms with E-state index in [9.17, 15) is 4.79 Å². The van der Waals surface area contributed by atoms with Crippen molar-refractivity contribution in [3.05, 3.63) is 66.5 Å². The summed E-state index contributed by atoms with van der Waals surface area (Å²) in [5.41, 5.74) is 1.40. The first-order valence-electron chi connectivity index (χ1n) is 5.39. The van der Waals surface area contributed by atoms with Gasteiger partial charge in [0.05, 0.1) is 0 Å². The summed E-state index contributed by atoms with van der Waals surface area (Å²) < 4.78 is 1.68. The van der Waals surface area contributed by atoms with Gasteiger partial charge in [-0.3, -0.25) is 4.79 Å². The van der Waals surface area contributed by atoms with Gasteiger partial charge in [0, 0.05) is 31.0 Å². The molecule has 5 heteroatoms. The fraction of sp³-hybridized carbons (Fsp3) is 0.0714. The Morgan fingerprint density at radius 3 is 2.42 bits per heavy atom. The Kier molecular flexibility index (Phi) is 5.07. The van der Waals surface area contributed by atoms with Gasteiger partial charge in [-0.1, -0.05) is 61.1 Å². The highest BCUT2D eigenvalue weighted by Gasteiger charge is 2.13. The number of halogens is 4. The van der Waals surface area contributed by atoms with E-state index >= 15 is 0 Å². The number of Topliss-reactive ketones (excluding diaryl/α,β-unsaturated/α-hetero) is 1. The third-order valence-corrected chi connectivity index (χ3v) is 4.33. The summed E-state index contributed by atoms with van der Waals surface area (Å²) in [5, 5.41) is 1.07. The molecule has 2 rings (SSSR count). The van der Waals surface area contributed by atoms with Crippen LogP contribution in [0.25, 0.3) is 0 Å². The second-order valence-electron chi connectivity index (χ2n) is 3.96. The van der Waals surface area contributed by atoms with E-state index in [1.807, 2.05) is 12.1 Å². The van der Waals surface area contributed by atoms with E-state index in [0.717, 1.165) is 14.5 Å². The summed E-state index contributed by atoms with van der Waals surface area (Å²) in [5.74, 6) is 0.00333. The Hall–Kier alpha value is -0.350. The predicted molar refractivity (Wildman–Crippen MR) is 86.3 cm³/mol. The fourth-order valence-corrected chi connectivity index (χ4v) is 3.39. The molecule has 0 bridgehead atoms. The van der Waals surface area contributed by atoms with Gasteiger partial charge in [-0.05, 0) is 35.9 Å². The molecule has 0 aliphatic carbocycles. The maximum absolute atomic E-state index is 12.2. The van der Waals surface area contributed by atoms with Gasteiger partial charge in [0.25, 0.3) is 0 Å². The summed E-state index contributed by atoms with van der Waals surface area (Å²) in [6.07, 6.45) is 0.246. The maximum atomic E-state index is 12.2. The number of benzene rings is 2. The average molecular weight is 423 g/mol. The number of hydrogen-bond donors (Lipinski definition) is 0. The third kappa shape index (κ3) is 3.82. The standard InChI is InChI=1S/C14H8Br2Cl2O/c15-9-2-4-11(12(16)6-9)14(19)5-8-1-3-10(17)7-13(8)18/h1-4,6-7H,5H2. The highest BCUT2D eigenvalue weighted by Crippen LogP contribution is 2.26. The lowest BCUT2D eigenvalue weighted by molar-refractivity contribution is 0.0992. The normalized spacial score (nSPS) is 10.5. The van der Waals surface area contributed by atoms with E-state index in [0.29, 0.717) is 15.6 Å². The molecule has 19 heavy (non-hydrogen) atoms. The maximum Gasteiger partial charge on any atom is 0.168 e. The second kappa shape index (κ2) is 6.40. The Balaban J connectivity index is 2.25. The van der Waals surface area contributed by atoms with Crippen molar-refractivity contribution in [2.45, 2.75) is 6.42 Å². The number of carbonyl (C=O) groups is 1. The summed E-state index contributed by atoms with van der Waals surface area (Å²) in [6, 6.07) is 10.6. The lowest BCUT2D eigenvalue weighted by Crippen LogP contribution is -2.05. The molecule has 0 N–H and O–H groups in total. The van der Waals surface area contributed by atoms with Crippen LogP contribution < -0.4 is 0 Å². The molecule has 0 unspecified atom stereocenters. The molecular formula is C14H8Br2Cl2O. The SMILES string of the molecule is O=C(Cc1ccc(Cl)cc1Cl)c1ccc(Br)cc1Br. The summed E-state index contributed by atoms with van der Waals surface area (Å²) in [7, 11) is 0. The van der Waals surface area contributed by atoms with Crippen LogP contribution in [0.3, 0.4) is 0 Å². The van der Waals surface area contributed by atoms with Gasteiger partial charge in [-0.25, -0.2) is 0 Å². The molecule has 0 radical (unpaired) electrons. The van der Waals surface area contributed by atoms with Gasteiger partial charge >= 0.3 is 0 Å². The molecule has 2 aromatic rings. The second-order valence-corrected chi connectivity index (χ2v) is 6.57. The molecule has 0 fully saturated rings. The Bertz CT molecular complexity index is 641. The lowest BCUT2D eigenvalue weighted by Gasteiger charge is -2.06. The van der Waals surface area contributed by atoms with E-state index in [2.05, 4.69) is 31.9 Å². The summed E-state index contributed by atoms with van der Waals surface area (Å²) >= 11 is 18.6. The van der Waals surface area contributed by atoms with E-state index in [1.165, 1.54) is 0 Å². The van der Waals surface area contributed by atoms with Crippen molar-refractivity contribution in [1.29, 1.82) is 0 Å². The zero-order valence-corrected chi connectivity index (χ0v) is 14.3. The number of carbonyl (C=O) groups excluding carboxylic acids is 1. The molecular weight excluding hydrogens is 415 g/mol.